The Kier molecular flexibility index (Phi) is 5.28. The lowest BCUT2D eigenvalue weighted by molar-refractivity contribution is -0.118. The third kappa shape index (κ3) is 4.12. The Labute approximate surface area is 171 Å². The van der Waals surface area contributed by atoms with E-state index in [0.717, 1.165) is 34.0 Å². The molecule has 0 aromatic heterocycles. The highest BCUT2D eigenvalue weighted by atomic mass is 32.2. The van der Waals surface area contributed by atoms with E-state index in [0.29, 0.717) is 25.1 Å². The van der Waals surface area contributed by atoms with Crippen LogP contribution in [0.4, 0.5) is 11.4 Å². The molecule has 1 heterocycles. The second-order valence-corrected chi connectivity index (χ2v) is 9.11. The Morgan fingerprint density at radius 1 is 1.00 bits per heavy atom. The number of hydrogen-bond donors (Lipinski definition) is 1. The first kappa shape index (κ1) is 19.5. The van der Waals surface area contributed by atoms with Crippen LogP contribution in [0, 0.1) is 0 Å². The third-order valence-electron chi connectivity index (χ3n) is 5.23. The van der Waals surface area contributed by atoms with E-state index in [1.54, 1.807) is 11.0 Å². The summed E-state index contributed by atoms with van der Waals surface area (Å²) >= 11 is 0. The highest BCUT2D eigenvalue weighted by Gasteiger charge is 2.24. The molecule has 0 saturated heterocycles. The fraction of sp³-hybridized carbons (Fsp3) is 0.261. The Hall–Kier alpha value is -2.86. The van der Waals surface area contributed by atoms with E-state index < -0.39 is 10.0 Å². The van der Waals surface area contributed by atoms with Gasteiger partial charge in [0, 0.05) is 24.3 Å². The van der Waals surface area contributed by atoms with Crippen LogP contribution < -0.4 is 9.62 Å². The van der Waals surface area contributed by atoms with Gasteiger partial charge in [-0.05, 0) is 52.9 Å². The number of nitrogens with one attached hydrogen (secondary N) is 1. The first-order chi connectivity index (χ1) is 14.0. The maximum Gasteiger partial charge on any atom is 0.236 e. The van der Waals surface area contributed by atoms with Crippen LogP contribution in [0.25, 0.3) is 10.8 Å². The Bertz CT molecular complexity index is 1170. The summed E-state index contributed by atoms with van der Waals surface area (Å²) in [5.74, 6) is 0.0370. The number of aryl methyl sites for hydroxylation is 1. The number of anilines is 2. The molecule has 1 aliphatic heterocycles. The van der Waals surface area contributed by atoms with Gasteiger partial charge in [0.25, 0.3) is 0 Å². The van der Waals surface area contributed by atoms with Gasteiger partial charge in [0.1, 0.15) is 0 Å². The van der Waals surface area contributed by atoms with Gasteiger partial charge < -0.3 is 4.90 Å². The summed E-state index contributed by atoms with van der Waals surface area (Å²) in [6.45, 7) is 2.72. The lowest BCUT2D eigenvalue weighted by atomic mass is 10.0. The van der Waals surface area contributed by atoms with Crippen LogP contribution >= 0.6 is 0 Å². The summed E-state index contributed by atoms with van der Waals surface area (Å²) < 4.78 is 28.4. The number of carbonyl (C=O) groups is 1. The minimum atomic E-state index is -3.57. The van der Waals surface area contributed by atoms with E-state index in [4.69, 9.17) is 0 Å². The van der Waals surface area contributed by atoms with Crippen molar-refractivity contribution >= 4 is 38.1 Å². The molecule has 3 aromatic carbocycles. The molecule has 1 amide bonds. The van der Waals surface area contributed by atoms with Crippen molar-refractivity contribution in [2.24, 2.45) is 0 Å². The Balaban J connectivity index is 1.58. The number of fused-ring (bicyclic) bond motifs is 2. The molecule has 5 nitrogen and oxygen atoms in total. The first-order valence-electron chi connectivity index (χ1n) is 9.87. The zero-order chi connectivity index (χ0) is 20.4. The van der Waals surface area contributed by atoms with Gasteiger partial charge in [-0.1, -0.05) is 49.4 Å². The maximum absolute atomic E-state index is 12.8. The normalized spacial score (nSPS) is 14.1. The molecule has 0 unspecified atom stereocenters. The van der Waals surface area contributed by atoms with Crippen LogP contribution in [0.5, 0.6) is 0 Å². The minimum absolute atomic E-state index is 0.0914. The molecule has 1 aliphatic rings. The van der Waals surface area contributed by atoms with E-state index in [2.05, 4.69) is 4.72 Å². The molecule has 0 saturated carbocycles. The van der Waals surface area contributed by atoms with E-state index in [-0.39, 0.29) is 11.7 Å². The molecule has 6 heteroatoms. The van der Waals surface area contributed by atoms with Crippen molar-refractivity contribution in [2.75, 3.05) is 16.2 Å². The second kappa shape index (κ2) is 7.87. The minimum Gasteiger partial charge on any atom is -0.312 e. The summed E-state index contributed by atoms with van der Waals surface area (Å²) in [7, 11) is -3.57. The second-order valence-electron chi connectivity index (χ2n) is 7.39. The molecule has 0 atom stereocenters. The lowest BCUT2D eigenvalue weighted by Gasteiger charge is -2.29. The number of carbonyl (C=O) groups excluding carboxylic acids is 1. The molecule has 0 fully saturated rings. The van der Waals surface area contributed by atoms with Crippen molar-refractivity contribution in [1.82, 2.24) is 0 Å². The van der Waals surface area contributed by atoms with Crippen LogP contribution in [0.2, 0.25) is 0 Å². The summed E-state index contributed by atoms with van der Waals surface area (Å²) in [6.07, 6.45) is 1.97. The number of sulfonamides is 1. The van der Waals surface area contributed by atoms with Gasteiger partial charge in [-0.15, -0.1) is 0 Å². The van der Waals surface area contributed by atoms with Crippen molar-refractivity contribution in [3.8, 4) is 0 Å². The standard InChI is InChI=1S/C23H24N2O3S/c1-2-14-25-22-12-11-20(15-18(22)10-13-23(25)26)24-29(27,28)16-19-8-5-7-17-6-3-4-9-21(17)19/h3-9,11-12,15,24H,2,10,13-14,16H2,1H3. The van der Waals surface area contributed by atoms with Crippen LogP contribution in [-0.4, -0.2) is 20.9 Å². The quantitative estimate of drug-likeness (QED) is 0.654. The number of amides is 1. The predicted molar refractivity (Wildman–Crippen MR) is 118 cm³/mol. The van der Waals surface area contributed by atoms with E-state index in [1.807, 2.05) is 61.5 Å². The summed E-state index contributed by atoms with van der Waals surface area (Å²) in [6, 6.07) is 18.9. The molecule has 0 bridgehead atoms. The van der Waals surface area contributed by atoms with Crippen LogP contribution in [0.3, 0.4) is 0 Å². The van der Waals surface area contributed by atoms with Crippen molar-refractivity contribution in [1.29, 1.82) is 0 Å². The van der Waals surface area contributed by atoms with Gasteiger partial charge in [-0.3, -0.25) is 9.52 Å². The smallest absolute Gasteiger partial charge is 0.236 e. The van der Waals surface area contributed by atoms with Gasteiger partial charge in [0.05, 0.1) is 5.75 Å². The summed E-state index contributed by atoms with van der Waals surface area (Å²) in [5.41, 5.74) is 3.20. The molecule has 0 aliphatic carbocycles. The summed E-state index contributed by atoms with van der Waals surface area (Å²) in [4.78, 5) is 14.0. The molecular weight excluding hydrogens is 384 g/mol. The van der Waals surface area contributed by atoms with E-state index in [9.17, 15) is 13.2 Å². The molecule has 150 valence electrons. The Morgan fingerprint density at radius 2 is 1.79 bits per heavy atom. The summed E-state index contributed by atoms with van der Waals surface area (Å²) in [5, 5.41) is 1.97. The molecule has 29 heavy (non-hydrogen) atoms. The molecule has 1 N–H and O–H groups in total. The van der Waals surface area contributed by atoms with Crippen molar-refractivity contribution in [2.45, 2.75) is 31.9 Å². The highest BCUT2D eigenvalue weighted by molar-refractivity contribution is 7.91. The van der Waals surface area contributed by atoms with Crippen molar-refractivity contribution in [3.05, 3.63) is 71.8 Å². The monoisotopic (exact) mass is 408 g/mol. The Morgan fingerprint density at radius 3 is 2.62 bits per heavy atom. The van der Waals surface area contributed by atoms with Gasteiger partial charge in [0.2, 0.25) is 15.9 Å². The van der Waals surface area contributed by atoms with Crippen molar-refractivity contribution < 1.29 is 13.2 Å². The molecule has 3 aromatic rings. The number of hydrogen-bond acceptors (Lipinski definition) is 3. The van der Waals surface area contributed by atoms with E-state index in [1.165, 1.54) is 0 Å². The van der Waals surface area contributed by atoms with Crippen molar-refractivity contribution in [3.63, 3.8) is 0 Å². The number of nitrogens with zero attached hydrogens (tertiary/aromatic N) is 1. The van der Waals surface area contributed by atoms with Gasteiger partial charge in [-0.2, -0.15) is 0 Å². The van der Waals surface area contributed by atoms with Crippen LogP contribution in [0.1, 0.15) is 30.9 Å². The number of benzene rings is 3. The number of rotatable bonds is 6. The topological polar surface area (TPSA) is 66.5 Å². The van der Waals surface area contributed by atoms with E-state index >= 15 is 0 Å². The lowest BCUT2D eigenvalue weighted by Crippen LogP contribution is -2.35. The molecular formula is C23H24N2O3S. The maximum atomic E-state index is 12.8. The zero-order valence-electron chi connectivity index (χ0n) is 16.4. The first-order valence-corrected chi connectivity index (χ1v) is 11.5. The average Bonchev–Trinajstić information content (AvgIpc) is 2.70. The molecule has 0 radical (unpaired) electrons. The third-order valence-corrected chi connectivity index (χ3v) is 6.46. The molecule has 4 rings (SSSR count). The van der Waals surface area contributed by atoms with Crippen LogP contribution in [-0.2, 0) is 27.0 Å². The zero-order valence-corrected chi connectivity index (χ0v) is 17.2. The largest absolute Gasteiger partial charge is 0.312 e. The van der Waals surface area contributed by atoms with Gasteiger partial charge >= 0.3 is 0 Å². The SMILES string of the molecule is CCCN1C(=O)CCc2cc(NS(=O)(=O)Cc3cccc4ccccc34)ccc21. The average molecular weight is 409 g/mol. The fourth-order valence-electron chi connectivity index (χ4n) is 3.93. The molecule has 0 spiro atoms. The highest BCUT2D eigenvalue weighted by Crippen LogP contribution is 2.31. The van der Waals surface area contributed by atoms with Gasteiger partial charge in [0.15, 0.2) is 0 Å². The fourth-order valence-corrected chi connectivity index (χ4v) is 5.15. The van der Waals surface area contributed by atoms with Gasteiger partial charge in [-0.25, -0.2) is 8.42 Å². The van der Waals surface area contributed by atoms with Crippen LogP contribution in [0.15, 0.2) is 60.7 Å². The predicted octanol–water partition coefficient (Wildman–Crippen LogP) is 4.47.